The molecule has 1 amide bonds. The summed E-state index contributed by atoms with van der Waals surface area (Å²) in [6, 6.07) is 4.72. The summed E-state index contributed by atoms with van der Waals surface area (Å²) in [6.45, 7) is 0.769. The first kappa shape index (κ1) is 20.3. The van der Waals surface area contributed by atoms with Crippen LogP contribution in [0, 0.1) is 0 Å². The van der Waals surface area contributed by atoms with Crippen molar-refractivity contribution in [2.24, 2.45) is 0 Å². The van der Waals surface area contributed by atoms with Crippen LogP contribution in [0.15, 0.2) is 36.0 Å². The van der Waals surface area contributed by atoms with Gasteiger partial charge >= 0.3 is 6.18 Å². The van der Waals surface area contributed by atoms with Gasteiger partial charge in [0.2, 0.25) is 5.91 Å². The Morgan fingerprint density at radius 3 is 2.57 bits per heavy atom. The van der Waals surface area contributed by atoms with E-state index in [9.17, 15) is 22.8 Å². The lowest BCUT2D eigenvalue weighted by molar-refractivity contribution is -0.156. The number of benzene rings is 1. The molecule has 1 heterocycles. The lowest BCUT2D eigenvalue weighted by atomic mass is 10.1. The third kappa shape index (κ3) is 4.20. The van der Waals surface area contributed by atoms with Gasteiger partial charge in [-0.2, -0.15) is 13.2 Å². The van der Waals surface area contributed by atoms with Crippen LogP contribution < -0.4 is 0 Å². The van der Waals surface area contributed by atoms with Gasteiger partial charge in [-0.25, -0.2) is 10.0 Å². The van der Waals surface area contributed by atoms with Crippen molar-refractivity contribution >= 4 is 11.7 Å². The zero-order valence-electron chi connectivity index (χ0n) is 16.0. The molecule has 1 unspecified atom stereocenters. The average Bonchev–Trinajstić information content (AvgIpc) is 2.99. The Morgan fingerprint density at radius 1 is 1.18 bits per heavy atom. The van der Waals surface area contributed by atoms with Gasteiger partial charge in [0.15, 0.2) is 5.78 Å². The van der Waals surface area contributed by atoms with E-state index in [-0.39, 0.29) is 31.2 Å². The summed E-state index contributed by atoms with van der Waals surface area (Å²) in [5.74, 6) is -0.177. The molecule has 1 aromatic rings. The van der Waals surface area contributed by atoms with Gasteiger partial charge in [-0.15, -0.1) is 0 Å². The monoisotopic (exact) mass is 396 g/mol. The maximum absolute atomic E-state index is 13.0. The third-order valence-corrected chi connectivity index (χ3v) is 5.16. The Balaban J connectivity index is 1.78. The first-order valence-corrected chi connectivity index (χ1v) is 8.89. The molecule has 1 saturated heterocycles. The molecule has 1 aliphatic carbocycles. The Kier molecular flexibility index (Phi) is 5.49. The number of hydrogen-bond acceptors (Lipinski definition) is 5. The van der Waals surface area contributed by atoms with E-state index in [0.29, 0.717) is 17.9 Å². The second kappa shape index (κ2) is 7.56. The van der Waals surface area contributed by atoms with Crippen molar-refractivity contribution in [1.29, 1.82) is 0 Å². The highest BCUT2D eigenvalue weighted by atomic mass is 19.4. The SMILES string of the molecule is CN(Cc1cccc(C(F)(F)F)c1)C1=CC(=O)CC1N1CN(C)N(C)CC1=O. The van der Waals surface area contributed by atoms with E-state index in [1.807, 2.05) is 19.1 Å². The molecule has 0 radical (unpaired) electrons. The largest absolute Gasteiger partial charge is 0.416 e. The normalized spacial score (nSPS) is 22.0. The van der Waals surface area contributed by atoms with Crippen molar-refractivity contribution in [3.05, 3.63) is 47.2 Å². The van der Waals surface area contributed by atoms with E-state index >= 15 is 0 Å². The predicted octanol–water partition coefficient (Wildman–Crippen LogP) is 1.94. The molecule has 2 aliphatic rings. The predicted molar refractivity (Wildman–Crippen MR) is 96.5 cm³/mol. The number of rotatable bonds is 4. The zero-order valence-corrected chi connectivity index (χ0v) is 16.0. The van der Waals surface area contributed by atoms with E-state index in [2.05, 4.69) is 0 Å². The molecule has 0 aromatic heterocycles. The second-order valence-corrected chi connectivity index (χ2v) is 7.29. The highest BCUT2D eigenvalue weighted by Gasteiger charge is 2.38. The summed E-state index contributed by atoms with van der Waals surface area (Å²) in [4.78, 5) is 28.0. The summed E-state index contributed by atoms with van der Waals surface area (Å²) < 4.78 is 38.9. The maximum Gasteiger partial charge on any atom is 0.416 e. The molecule has 152 valence electrons. The first-order chi connectivity index (χ1) is 13.1. The van der Waals surface area contributed by atoms with Crippen LogP contribution in [0.1, 0.15) is 17.5 Å². The molecule has 0 bridgehead atoms. The first-order valence-electron chi connectivity index (χ1n) is 8.89. The highest BCUT2D eigenvalue weighted by Crippen LogP contribution is 2.31. The van der Waals surface area contributed by atoms with E-state index in [4.69, 9.17) is 0 Å². The molecule has 3 rings (SSSR count). The molecule has 1 aromatic carbocycles. The number of likely N-dealkylation sites (N-methyl/N-ethyl adjacent to an activating group) is 2. The highest BCUT2D eigenvalue weighted by molar-refractivity contribution is 5.95. The van der Waals surface area contributed by atoms with Gasteiger partial charge in [0.25, 0.3) is 0 Å². The van der Waals surface area contributed by atoms with Crippen LogP contribution in [0.2, 0.25) is 0 Å². The summed E-state index contributed by atoms with van der Waals surface area (Å²) in [6.07, 6.45) is -2.73. The van der Waals surface area contributed by atoms with Crippen molar-refractivity contribution < 1.29 is 22.8 Å². The third-order valence-electron chi connectivity index (χ3n) is 5.16. The standard InChI is InChI=1S/C19H23F3N4O2/c1-23(10-13-5-4-6-14(7-13)19(20,21)22)16-8-15(27)9-17(16)26-12-25(3)24(2)11-18(26)28/h4-8,17H,9-12H2,1-3H3. The van der Waals surface area contributed by atoms with Gasteiger partial charge in [-0.05, 0) is 17.7 Å². The smallest absolute Gasteiger partial charge is 0.372 e. The summed E-state index contributed by atoms with van der Waals surface area (Å²) in [7, 11) is 5.39. The van der Waals surface area contributed by atoms with Crippen LogP contribution in [0.3, 0.4) is 0 Å². The van der Waals surface area contributed by atoms with Crippen LogP contribution in [0.5, 0.6) is 0 Å². The van der Waals surface area contributed by atoms with Crippen LogP contribution in [0.4, 0.5) is 13.2 Å². The Hall–Kier alpha value is -2.39. The number of halogens is 3. The Bertz CT molecular complexity index is 809. The molecule has 1 atom stereocenters. The molecule has 6 nitrogen and oxygen atoms in total. The van der Waals surface area contributed by atoms with Gasteiger partial charge in [-0.3, -0.25) is 9.59 Å². The van der Waals surface area contributed by atoms with Gasteiger partial charge < -0.3 is 9.80 Å². The number of carbonyl (C=O) groups excluding carboxylic acids is 2. The van der Waals surface area contributed by atoms with Gasteiger partial charge in [0.05, 0.1) is 24.8 Å². The Morgan fingerprint density at radius 2 is 1.89 bits per heavy atom. The minimum Gasteiger partial charge on any atom is -0.372 e. The number of alkyl halides is 3. The minimum atomic E-state index is -4.41. The minimum absolute atomic E-state index is 0.0846. The number of allylic oxidation sites excluding steroid dienone is 1. The molecular weight excluding hydrogens is 373 g/mol. The fourth-order valence-corrected chi connectivity index (χ4v) is 3.55. The quantitative estimate of drug-likeness (QED) is 0.779. The van der Waals surface area contributed by atoms with Gasteiger partial charge in [0.1, 0.15) is 0 Å². The van der Waals surface area contributed by atoms with Gasteiger partial charge in [0, 0.05) is 45.9 Å². The van der Waals surface area contributed by atoms with Crippen molar-refractivity contribution in [1.82, 2.24) is 19.8 Å². The molecule has 0 N–H and O–H groups in total. The number of carbonyl (C=O) groups is 2. The number of nitrogens with zero attached hydrogens (tertiary/aromatic N) is 4. The lowest BCUT2D eigenvalue weighted by Crippen LogP contribution is -2.59. The molecule has 28 heavy (non-hydrogen) atoms. The second-order valence-electron chi connectivity index (χ2n) is 7.29. The van der Waals surface area contributed by atoms with Crippen molar-refractivity contribution in [2.45, 2.75) is 25.2 Å². The molecule has 1 aliphatic heterocycles. The summed E-state index contributed by atoms with van der Waals surface area (Å²) in [5, 5.41) is 3.68. The fraction of sp³-hybridized carbons (Fsp3) is 0.474. The number of amides is 1. The number of hydrazine groups is 1. The van der Waals surface area contributed by atoms with E-state index in [0.717, 1.165) is 12.1 Å². The van der Waals surface area contributed by atoms with Crippen molar-refractivity contribution in [3.63, 3.8) is 0 Å². The van der Waals surface area contributed by atoms with Crippen molar-refractivity contribution in [2.75, 3.05) is 34.4 Å². The molecule has 1 fully saturated rings. The van der Waals surface area contributed by atoms with Crippen LogP contribution in [-0.2, 0) is 22.3 Å². The molecular formula is C19H23F3N4O2. The van der Waals surface area contributed by atoms with Crippen LogP contribution >= 0.6 is 0 Å². The fourth-order valence-electron chi connectivity index (χ4n) is 3.55. The summed E-state index contributed by atoms with van der Waals surface area (Å²) >= 11 is 0. The lowest BCUT2D eigenvalue weighted by Gasteiger charge is -2.43. The maximum atomic E-state index is 13.0. The number of hydrogen-bond donors (Lipinski definition) is 0. The summed E-state index contributed by atoms with van der Waals surface area (Å²) in [5.41, 5.74) is 0.425. The van der Waals surface area contributed by atoms with Crippen molar-refractivity contribution in [3.8, 4) is 0 Å². The Labute approximate surface area is 161 Å². The van der Waals surface area contributed by atoms with E-state index in [1.165, 1.54) is 12.1 Å². The topological polar surface area (TPSA) is 47.1 Å². The van der Waals surface area contributed by atoms with Crippen LogP contribution in [0.25, 0.3) is 0 Å². The molecule has 0 spiro atoms. The molecule has 9 heteroatoms. The molecule has 0 saturated carbocycles. The van der Waals surface area contributed by atoms with E-state index < -0.39 is 17.8 Å². The van der Waals surface area contributed by atoms with Gasteiger partial charge in [-0.1, -0.05) is 12.1 Å². The number of ketones is 1. The van der Waals surface area contributed by atoms with Crippen LogP contribution in [-0.4, -0.2) is 71.9 Å². The van der Waals surface area contributed by atoms with E-state index in [1.54, 1.807) is 27.9 Å². The average molecular weight is 396 g/mol. The zero-order chi connectivity index (χ0) is 20.6.